The number of aliphatic hydroxyl groups is 1. The second-order valence-electron chi connectivity index (χ2n) is 5.84. The summed E-state index contributed by atoms with van der Waals surface area (Å²) in [5.74, 6) is 1.06. The van der Waals surface area contributed by atoms with Crippen molar-refractivity contribution in [3.05, 3.63) is 49.1 Å². The fraction of sp³-hybridized carbons (Fsp3) is 0.222. The van der Waals surface area contributed by atoms with Crippen LogP contribution in [0, 0.1) is 0 Å². The average molecular weight is 385 g/mol. The maximum Gasteiger partial charge on any atom is 0.325 e. The molecule has 3 rings (SSSR count). The van der Waals surface area contributed by atoms with E-state index in [-0.39, 0.29) is 13.2 Å². The van der Waals surface area contributed by atoms with Gasteiger partial charge in [0.25, 0.3) is 0 Å². The number of ether oxygens (including phenoxy) is 2. The summed E-state index contributed by atoms with van der Waals surface area (Å²) in [7, 11) is 0. The number of carboxylic acids is 1. The summed E-state index contributed by atoms with van der Waals surface area (Å²) in [5, 5.41) is 25.2. The van der Waals surface area contributed by atoms with Crippen LogP contribution in [-0.2, 0) is 11.3 Å². The van der Waals surface area contributed by atoms with Gasteiger partial charge in [-0.2, -0.15) is 5.10 Å². The van der Waals surface area contributed by atoms with Crippen LogP contribution in [0.5, 0.6) is 17.2 Å². The minimum absolute atomic E-state index is 0.180. The van der Waals surface area contributed by atoms with Crippen LogP contribution >= 0.6 is 0 Å². The lowest BCUT2D eigenvalue weighted by molar-refractivity contribution is -0.137. The summed E-state index contributed by atoms with van der Waals surface area (Å²) in [6, 6.07) is 6.75. The summed E-state index contributed by atoms with van der Waals surface area (Å²) >= 11 is 0. The van der Waals surface area contributed by atoms with E-state index < -0.39 is 12.1 Å². The Morgan fingerprint density at radius 3 is 2.89 bits per heavy atom. The van der Waals surface area contributed by atoms with Crippen LogP contribution in [0.25, 0.3) is 0 Å². The third-order valence-electron chi connectivity index (χ3n) is 3.47. The topological polar surface area (TPSA) is 132 Å². The SMILES string of the molecule is C[C@@H](CO)Oc1cc(Oc2cccnc2)cnc1Nc1ccn(CC(=O)O)n1. The molecule has 10 heteroatoms. The van der Waals surface area contributed by atoms with Crippen molar-refractivity contribution in [2.45, 2.75) is 19.6 Å². The Morgan fingerprint density at radius 2 is 2.18 bits per heavy atom. The van der Waals surface area contributed by atoms with E-state index in [1.807, 2.05) is 0 Å². The maximum atomic E-state index is 10.8. The Hall–Kier alpha value is -3.66. The van der Waals surface area contributed by atoms with Gasteiger partial charge in [-0.3, -0.25) is 14.5 Å². The summed E-state index contributed by atoms with van der Waals surface area (Å²) in [4.78, 5) is 19.1. The van der Waals surface area contributed by atoms with Gasteiger partial charge in [-0.15, -0.1) is 0 Å². The van der Waals surface area contributed by atoms with Gasteiger partial charge < -0.3 is 25.0 Å². The van der Waals surface area contributed by atoms with Gasteiger partial charge in [0, 0.05) is 24.5 Å². The minimum Gasteiger partial charge on any atom is -0.484 e. The Bertz CT molecular complexity index is 931. The van der Waals surface area contributed by atoms with Crippen molar-refractivity contribution < 1.29 is 24.5 Å². The summed E-state index contributed by atoms with van der Waals surface area (Å²) in [6.07, 6.45) is 5.77. The van der Waals surface area contributed by atoms with Crippen LogP contribution < -0.4 is 14.8 Å². The number of carboxylic acid groups (broad SMARTS) is 1. The molecule has 0 aliphatic rings. The van der Waals surface area contributed by atoms with Crippen molar-refractivity contribution in [2.75, 3.05) is 11.9 Å². The number of aromatic nitrogens is 4. The number of aliphatic hydroxyl groups excluding tert-OH is 1. The van der Waals surface area contributed by atoms with E-state index in [9.17, 15) is 9.90 Å². The molecule has 0 aromatic carbocycles. The first-order valence-electron chi connectivity index (χ1n) is 8.41. The molecule has 3 aromatic rings. The predicted molar refractivity (Wildman–Crippen MR) is 98.9 cm³/mol. The van der Waals surface area contributed by atoms with Crippen molar-refractivity contribution in [3.63, 3.8) is 0 Å². The number of hydrogen-bond donors (Lipinski definition) is 3. The number of carbonyl (C=O) groups is 1. The van der Waals surface area contributed by atoms with Crippen LogP contribution in [-0.4, -0.2) is 48.6 Å². The van der Waals surface area contributed by atoms with Crippen LogP contribution in [0.4, 0.5) is 11.6 Å². The molecule has 0 aliphatic heterocycles. The highest BCUT2D eigenvalue weighted by Gasteiger charge is 2.14. The molecule has 0 spiro atoms. The number of nitrogens with one attached hydrogen (secondary N) is 1. The lowest BCUT2D eigenvalue weighted by Crippen LogP contribution is -2.17. The van der Waals surface area contributed by atoms with E-state index >= 15 is 0 Å². The maximum absolute atomic E-state index is 10.8. The second-order valence-corrected chi connectivity index (χ2v) is 5.84. The fourth-order valence-electron chi connectivity index (χ4n) is 2.24. The lowest BCUT2D eigenvalue weighted by Gasteiger charge is -2.16. The molecule has 0 aliphatic carbocycles. The van der Waals surface area contributed by atoms with Crippen molar-refractivity contribution in [1.82, 2.24) is 19.7 Å². The Morgan fingerprint density at radius 1 is 1.32 bits per heavy atom. The molecule has 1 atom stereocenters. The van der Waals surface area contributed by atoms with E-state index in [0.29, 0.717) is 28.9 Å². The summed E-state index contributed by atoms with van der Waals surface area (Å²) in [5.41, 5.74) is 0. The third-order valence-corrected chi connectivity index (χ3v) is 3.47. The molecule has 0 fully saturated rings. The predicted octanol–water partition coefficient (Wildman–Crippen LogP) is 2.05. The molecular formula is C18H19N5O5. The van der Waals surface area contributed by atoms with E-state index in [4.69, 9.17) is 14.6 Å². The van der Waals surface area contributed by atoms with Gasteiger partial charge in [-0.25, -0.2) is 4.98 Å². The fourth-order valence-corrected chi connectivity index (χ4v) is 2.24. The first-order chi connectivity index (χ1) is 13.5. The molecule has 0 saturated carbocycles. The summed E-state index contributed by atoms with van der Waals surface area (Å²) < 4.78 is 12.7. The average Bonchev–Trinajstić information content (AvgIpc) is 3.10. The van der Waals surface area contributed by atoms with Gasteiger partial charge in [0.05, 0.1) is 19.0 Å². The quantitative estimate of drug-likeness (QED) is 0.506. The van der Waals surface area contributed by atoms with Gasteiger partial charge in [0.1, 0.15) is 24.1 Å². The molecular weight excluding hydrogens is 366 g/mol. The number of nitrogens with zero attached hydrogens (tertiary/aromatic N) is 4. The smallest absolute Gasteiger partial charge is 0.325 e. The highest BCUT2D eigenvalue weighted by Crippen LogP contribution is 2.31. The third kappa shape index (κ3) is 5.17. The molecule has 28 heavy (non-hydrogen) atoms. The molecule has 0 saturated heterocycles. The first kappa shape index (κ1) is 19.1. The van der Waals surface area contributed by atoms with Gasteiger partial charge in [0.15, 0.2) is 17.4 Å². The van der Waals surface area contributed by atoms with E-state index in [1.54, 1.807) is 43.6 Å². The molecule has 0 bridgehead atoms. The standard InChI is InChI=1S/C18H19N5O5/c1-12(11-24)27-15-7-14(28-13-3-2-5-19-8-13)9-20-18(15)21-16-4-6-23(22-16)10-17(25)26/h2-9,12,24H,10-11H2,1H3,(H,25,26)(H,20,21,22)/t12-/m0/s1. The molecule has 0 radical (unpaired) electrons. The van der Waals surface area contributed by atoms with E-state index in [1.165, 1.54) is 17.1 Å². The molecule has 3 aromatic heterocycles. The zero-order valence-electron chi connectivity index (χ0n) is 15.0. The van der Waals surface area contributed by atoms with Gasteiger partial charge in [-0.05, 0) is 19.1 Å². The molecule has 3 heterocycles. The van der Waals surface area contributed by atoms with Crippen molar-refractivity contribution in [3.8, 4) is 17.2 Å². The Kier molecular flexibility index (Phi) is 6.02. The zero-order valence-corrected chi connectivity index (χ0v) is 15.0. The zero-order chi connectivity index (χ0) is 19.9. The monoisotopic (exact) mass is 385 g/mol. The van der Waals surface area contributed by atoms with Crippen molar-refractivity contribution in [1.29, 1.82) is 0 Å². The highest BCUT2D eigenvalue weighted by atomic mass is 16.5. The first-order valence-corrected chi connectivity index (χ1v) is 8.41. The normalized spacial score (nSPS) is 11.6. The van der Waals surface area contributed by atoms with Crippen LogP contribution in [0.1, 0.15) is 6.92 Å². The number of aliphatic carboxylic acids is 1. The Balaban J connectivity index is 1.82. The van der Waals surface area contributed by atoms with Crippen LogP contribution in [0.15, 0.2) is 49.1 Å². The van der Waals surface area contributed by atoms with Crippen LogP contribution in [0.3, 0.4) is 0 Å². The number of rotatable bonds is 9. The Labute approximate surface area is 160 Å². The van der Waals surface area contributed by atoms with Crippen molar-refractivity contribution >= 4 is 17.6 Å². The van der Waals surface area contributed by atoms with Gasteiger partial charge in [0.2, 0.25) is 0 Å². The second kappa shape index (κ2) is 8.82. The molecule has 10 nitrogen and oxygen atoms in total. The minimum atomic E-state index is -0.995. The number of hydrogen-bond acceptors (Lipinski definition) is 8. The molecule has 0 unspecified atom stereocenters. The van der Waals surface area contributed by atoms with E-state index in [0.717, 1.165) is 0 Å². The van der Waals surface area contributed by atoms with Gasteiger partial charge in [-0.1, -0.05) is 0 Å². The molecule has 146 valence electrons. The highest BCUT2D eigenvalue weighted by molar-refractivity contribution is 5.66. The van der Waals surface area contributed by atoms with E-state index in [2.05, 4.69) is 20.4 Å². The molecule has 0 amide bonds. The molecule has 3 N–H and O–H groups in total. The van der Waals surface area contributed by atoms with Crippen LogP contribution in [0.2, 0.25) is 0 Å². The lowest BCUT2D eigenvalue weighted by atomic mass is 10.3. The number of anilines is 2. The van der Waals surface area contributed by atoms with Gasteiger partial charge >= 0.3 is 5.97 Å². The largest absolute Gasteiger partial charge is 0.484 e. The number of pyridine rings is 2. The summed E-state index contributed by atoms with van der Waals surface area (Å²) in [6.45, 7) is 1.28. The van der Waals surface area contributed by atoms with Crippen molar-refractivity contribution in [2.24, 2.45) is 0 Å².